The number of urea groups is 1. The first-order chi connectivity index (χ1) is 21.1. The van der Waals surface area contributed by atoms with Gasteiger partial charge in [0.1, 0.15) is 5.82 Å². The van der Waals surface area contributed by atoms with Gasteiger partial charge < -0.3 is 19.9 Å². The first-order valence-electron chi connectivity index (χ1n) is 14.7. The molecule has 0 bridgehead atoms. The molecule has 6 rings (SSSR count). The molecule has 3 heterocycles. The Morgan fingerprint density at radius 1 is 0.977 bits per heavy atom. The number of rotatable bonds is 5. The van der Waals surface area contributed by atoms with Crippen LogP contribution in [-0.4, -0.2) is 75.6 Å². The van der Waals surface area contributed by atoms with Gasteiger partial charge >= 0.3 is 6.03 Å². The summed E-state index contributed by atoms with van der Waals surface area (Å²) in [6.45, 7) is 5.07. The van der Waals surface area contributed by atoms with E-state index in [2.05, 4.69) is 5.32 Å². The van der Waals surface area contributed by atoms with Crippen LogP contribution in [0.5, 0.6) is 0 Å². The van der Waals surface area contributed by atoms with Crippen LogP contribution in [0.3, 0.4) is 0 Å². The summed E-state index contributed by atoms with van der Waals surface area (Å²) in [7, 11) is -4.08. The smallest absolute Gasteiger partial charge is 0.320 e. The second kappa shape index (κ2) is 12.0. The van der Waals surface area contributed by atoms with Gasteiger partial charge in [-0.3, -0.25) is 9.10 Å². The van der Waals surface area contributed by atoms with Gasteiger partial charge in [0.05, 0.1) is 29.8 Å². The number of carbonyl (C=O) groups excluding carboxylic acids is 2. The molecule has 3 amide bonds. The van der Waals surface area contributed by atoms with Crippen molar-refractivity contribution in [3.8, 4) is 0 Å². The summed E-state index contributed by atoms with van der Waals surface area (Å²) >= 11 is 6.27. The van der Waals surface area contributed by atoms with Crippen LogP contribution in [0.25, 0.3) is 0 Å². The Morgan fingerprint density at radius 2 is 1.64 bits per heavy atom. The molecule has 3 aromatic carbocycles. The van der Waals surface area contributed by atoms with Gasteiger partial charge in [0, 0.05) is 48.7 Å². The molecule has 232 valence electrons. The maximum atomic E-state index is 14.1. The number of morpholine rings is 1. The summed E-state index contributed by atoms with van der Waals surface area (Å²) in [5.41, 5.74) is 1.76. The van der Waals surface area contributed by atoms with Gasteiger partial charge in [0.25, 0.3) is 15.9 Å². The number of fused-ring (bicyclic) bond motifs is 2. The number of piperidine rings is 1. The highest BCUT2D eigenvalue weighted by molar-refractivity contribution is 7.92. The van der Waals surface area contributed by atoms with E-state index >= 15 is 0 Å². The van der Waals surface area contributed by atoms with Crippen molar-refractivity contribution in [3.63, 3.8) is 0 Å². The van der Waals surface area contributed by atoms with Crippen LogP contribution in [0.15, 0.2) is 71.6 Å². The fraction of sp³-hybridized carbons (Fsp3) is 0.375. The summed E-state index contributed by atoms with van der Waals surface area (Å²) < 4.78 is 48.6. The van der Waals surface area contributed by atoms with Gasteiger partial charge in [-0.2, -0.15) is 0 Å². The summed E-state index contributed by atoms with van der Waals surface area (Å²) in [6, 6.07) is 16.6. The predicted molar refractivity (Wildman–Crippen MR) is 165 cm³/mol. The molecule has 12 heteroatoms. The minimum atomic E-state index is -4.08. The number of carbonyl (C=O) groups is 2. The Hall–Kier alpha value is -3.67. The normalized spacial score (nSPS) is 19.6. The second-order valence-corrected chi connectivity index (χ2v) is 13.7. The van der Waals surface area contributed by atoms with E-state index in [1.165, 1.54) is 16.4 Å². The number of nitrogens with zero attached hydrogens (tertiary/aromatic N) is 3. The van der Waals surface area contributed by atoms with Gasteiger partial charge in [0.2, 0.25) is 0 Å². The van der Waals surface area contributed by atoms with Crippen molar-refractivity contribution in [1.82, 2.24) is 15.1 Å². The molecule has 1 unspecified atom stereocenters. The van der Waals surface area contributed by atoms with Gasteiger partial charge in [-0.15, -0.1) is 0 Å². The van der Waals surface area contributed by atoms with E-state index in [1.54, 1.807) is 29.2 Å². The average Bonchev–Trinajstić information content (AvgIpc) is 3.28. The minimum absolute atomic E-state index is 0.0183. The zero-order valence-corrected chi connectivity index (χ0v) is 25.9. The molecule has 0 aliphatic carbocycles. The Balaban J connectivity index is 1.33. The number of anilines is 1. The summed E-state index contributed by atoms with van der Waals surface area (Å²) in [5.74, 6) is -0.838. The minimum Gasteiger partial charge on any atom is -0.378 e. The van der Waals surface area contributed by atoms with Crippen molar-refractivity contribution in [3.05, 3.63) is 94.3 Å². The van der Waals surface area contributed by atoms with E-state index in [4.69, 9.17) is 16.3 Å². The first-order valence-corrected chi connectivity index (χ1v) is 16.5. The molecule has 0 radical (unpaired) electrons. The van der Waals surface area contributed by atoms with E-state index in [-0.39, 0.29) is 23.4 Å². The van der Waals surface area contributed by atoms with Crippen LogP contribution in [-0.2, 0) is 26.7 Å². The molecule has 1 atom stereocenters. The largest absolute Gasteiger partial charge is 0.378 e. The van der Waals surface area contributed by atoms with E-state index in [9.17, 15) is 22.4 Å². The molecule has 2 fully saturated rings. The second-order valence-electron chi connectivity index (χ2n) is 11.5. The molecule has 44 heavy (non-hydrogen) atoms. The third-order valence-corrected chi connectivity index (χ3v) is 11.4. The zero-order valence-electron chi connectivity index (χ0n) is 24.3. The highest BCUT2D eigenvalue weighted by atomic mass is 35.5. The lowest BCUT2D eigenvalue weighted by atomic mass is 9.70. The number of amides is 3. The van der Waals surface area contributed by atoms with E-state index in [0.717, 1.165) is 23.3 Å². The van der Waals surface area contributed by atoms with E-state index in [1.807, 2.05) is 30.0 Å². The molecule has 2 saturated heterocycles. The molecular weight excluding hydrogens is 607 g/mol. The van der Waals surface area contributed by atoms with Gasteiger partial charge in [-0.1, -0.05) is 29.8 Å². The molecule has 9 nitrogen and oxygen atoms in total. The Labute approximate surface area is 261 Å². The lowest BCUT2D eigenvalue weighted by Gasteiger charge is -2.44. The molecule has 0 saturated carbocycles. The highest BCUT2D eigenvalue weighted by Gasteiger charge is 2.54. The maximum Gasteiger partial charge on any atom is 0.320 e. The van der Waals surface area contributed by atoms with Gasteiger partial charge in [-0.05, 0) is 79.4 Å². The van der Waals surface area contributed by atoms with Gasteiger partial charge in [0.15, 0.2) is 0 Å². The van der Waals surface area contributed by atoms with Crippen LogP contribution in [0.2, 0.25) is 5.02 Å². The standard InChI is InChI=1S/C32H34ClFN4O5S/c1-22-32(12-14-36(15-13-32)31(40)37-16-18-43-19-17-37)27-20-23(30(39)35-21-24-4-2-3-5-28(24)33)6-11-29(27)38(22)44(41,42)26-9-7-25(34)8-10-26/h2-11,20,22H,12-19,21H2,1H3,(H,35,39). The van der Waals surface area contributed by atoms with Crippen LogP contribution in [0.4, 0.5) is 14.9 Å². The lowest BCUT2D eigenvalue weighted by molar-refractivity contribution is 0.0385. The van der Waals surface area contributed by atoms with Crippen molar-refractivity contribution < 1.29 is 27.1 Å². The summed E-state index contributed by atoms with van der Waals surface area (Å²) in [4.78, 5) is 30.2. The number of hydrogen-bond acceptors (Lipinski definition) is 5. The molecule has 1 spiro atoms. The Kier molecular flexibility index (Phi) is 8.29. The molecular formula is C32H34ClFN4O5S. The van der Waals surface area contributed by atoms with Crippen LogP contribution in [0, 0.1) is 5.82 Å². The Morgan fingerprint density at radius 3 is 2.32 bits per heavy atom. The third-order valence-electron chi connectivity index (χ3n) is 9.16. The molecule has 3 aliphatic heterocycles. The molecule has 3 aromatic rings. The number of benzene rings is 3. The number of likely N-dealkylation sites (tertiary alicyclic amines) is 1. The molecule has 1 N–H and O–H groups in total. The van der Waals surface area contributed by atoms with Crippen LogP contribution >= 0.6 is 11.6 Å². The number of halogens is 2. The van der Waals surface area contributed by atoms with Crippen molar-refractivity contribution in [2.45, 2.75) is 42.7 Å². The number of sulfonamides is 1. The highest BCUT2D eigenvalue weighted by Crippen LogP contribution is 2.53. The number of hydrogen-bond donors (Lipinski definition) is 1. The van der Waals surface area contributed by atoms with Gasteiger partial charge in [-0.25, -0.2) is 17.6 Å². The zero-order chi connectivity index (χ0) is 31.1. The van der Waals surface area contributed by atoms with Crippen LogP contribution < -0.4 is 9.62 Å². The fourth-order valence-corrected chi connectivity index (χ4v) is 8.59. The van der Waals surface area contributed by atoms with Crippen molar-refractivity contribution >= 4 is 39.2 Å². The number of nitrogens with one attached hydrogen (secondary N) is 1. The molecule has 0 aromatic heterocycles. The summed E-state index contributed by atoms with van der Waals surface area (Å²) in [6.07, 6.45) is 1.02. The van der Waals surface area contributed by atoms with Crippen molar-refractivity contribution in [2.24, 2.45) is 0 Å². The SMILES string of the molecule is CC1N(S(=O)(=O)c2ccc(F)cc2)c2ccc(C(=O)NCc3ccccc3Cl)cc2C12CCN(C(=O)N1CCOCC1)CC2. The quantitative estimate of drug-likeness (QED) is 0.432. The van der Waals surface area contributed by atoms with E-state index < -0.39 is 27.3 Å². The fourth-order valence-electron chi connectivity index (χ4n) is 6.64. The third kappa shape index (κ3) is 5.41. The number of ether oxygens (including phenoxy) is 1. The van der Waals surface area contributed by atoms with E-state index in [0.29, 0.717) is 68.5 Å². The Bertz CT molecular complexity index is 1670. The average molecular weight is 641 g/mol. The summed E-state index contributed by atoms with van der Waals surface area (Å²) in [5, 5.41) is 3.47. The maximum absolute atomic E-state index is 14.1. The van der Waals surface area contributed by atoms with Crippen LogP contribution in [0.1, 0.15) is 41.3 Å². The van der Waals surface area contributed by atoms with Crippen molar-refractivity contribution in [2.75, 3.05) is 43.7 Å². The lowest BCUT2D eigenvalue weighted by Crippen LogP contribution is -2.55. The topological polar surface area (TPSA) is 99.3 Å². The monoisotopic (exact) mass is 640 g/mol. The molecule has 3 aliphatic rings. The first kappa shape index (κ1) is 30.4. The van der Waals surface area contributed by atoms with Crippen molar-refractivity contribution in [1.29, 1.82) is 0 Å². The predicted octanol–water partition coefficient (Wildman–Crippen LogP) is 4.79.